The van der Waals surface area contributed by atoms with Crippen LogP contribution in [-0.2, 0) is 0 Å². The second kappa shape index (κ2) is 5.21. The Morgan fingerprint density at radius 3 is 2.64 bits per heavy atom. The van der Waals surface area contributed by atoms with Gasteiger partial charge in [0.05, 0.1) is 6.10 Å². The minimum absolute atomic E-state index is 0.0291. The van der Waals surface area contributed by atoms with Crippen LogP contribution in [0.3, 0.4) is 0 Å². The van der Waals surface area contributed by atoms with E-state index < -0.39 is 0 Å². The standard InChI is InChI=1S/C20H32O2/c1-5-18(2)10-7-15-14(12-18)16(22)11-17-19(3,13-21)8-6-9-20(15,17)4/h5,12,15-17,21-22H,1,6-11,13H2,2-4H3/t15-,16+,17-,18-,19-,20?/m0/s1. The molecule has 0 aromatic carbocycles. The van der Waals surface area contributed by atoms with Gasteiger partial charge in [0, 0.05) is 12.0 Å². The van der Waals surface area contributed by atoms with Crippen molar-refractivity contribution in [1.82, 2.24) is 0 Å². The van der Waals surface area contributed by atoms with Crippen LogP contribution in [0.1, 0.15) is 59.3 Å². The highest BCUT2D eigenvalue weighted by Gasteiger charge is 2.57. The second-order valence-corrected chi connectivity index (χ2v) is 8.92. The summed E-state index contributed by atoms with van der Waals surface area (Å²) in [6, 6.07) is 0. The molecule has 6 atom stereocenters. The fraction of sp³-hybridized carbons (Fsp3) is 0.800. The van der Waals surface area contributed by atoms with Crippen LogP contribution in [0.15, 0.2) is 24.3 Å². The number of aliphatic hydroxyl groups is 2. The predicted molar refractivity (Wildman–Crippen MR) is 90.4 cm³/mol. The first-order valence-corrected chi connectivity index (χ1v) is 8.93. The van der Waals surface area contributed by atoms with Gasteiger partial charge in [-0.3, -0.25) is 0 Å². The van der Waals surface area contributed by atoms with Gasteiger partial charge < -0.3 is 10.2 Å². The summed E-state index contributed by atoms with van der Waals surface area (Å²) in [7, 11) is 0. The first kappa shape index (κ1) is 16.3. The summed E-state index contributed by atoms with van der Waals surface area (Å²) < 4.78 is 0. The molecule has 0 aromatic heterocycles. The van der Waals surface area contributed by atoms with Gasteiger partial charge >= 0.3 is 0 Å². The minimum Gasteiger partial charge on any atom is -0.396 e. The largest absolute Gasteiger partial charge is 0.396 e. The molecule has 2 N–H and O–H groups in total. The summed E-state index contributed by atoms with van der Waals surface area (Å²) in [6.45, 7) is 11.1. The van der Waals surface area contributed by atoms with Gasteiger partial charge in [-0.2, -0.15) is 0 Å². The van der Waals surface area contributed by atoms with Crippen molar-refractivity contribution in [2.75, 3.05) is 6.61 Å². The monoisotopic (exact) mass is 304 g/mol. The zero-order valence-corrected chi connectivity index (χ0v) is 14.4. The molecule has 0 saturated heterocycles. The Morgan fingerprint density at radius 1 is 1.27 bits per heavy atom. The van der Waals surface area contributed by atoms with Crippen molar-refractivity contribution in [3.8, 4) is 0 Å². The van der Waals surface area contributed by atoms with Crippen molar-refractivity contribution in [3.05, 3.63) is 24.3 Å². The van der Waals surface area contributed by atoms with Gasteiger partial charge in [-0.05, 0) is 60.3 Å². The summed E-state index contributed by atoms with van der Waals surface area (Å²) in [5.74, 6) is 0.893. The third kappa shape index (κ3) is 2.22. The second-order valence-electron chi connectivity index (χ2n) is 8.92. The average molecular weight is 304 g/mol. The van der Waals surface area contributed by atoms with Crippen LogP contribution in [0.25, 0.3) is 0 Å². The van der Waals surface area contributed by atoms with E-state index in [1.165, 1.54) is 18.4 Å². The Balaban J connectivity index is 2.02. The lowest BCUT2D eigenvalue weighted by Crippen LogP contribution is -2.55. The van der Waals surface area contributed by atoms with Gasteiger partial charge in [0.1, 0.15) is 0 Å². The van der Waals surface area contributed by atoms with E-state index in [0.29, 0.717) is 11.8 Å². The molecule has 0 radical (unpaired) electrons. The fourth-order valence-electron chi connectivity index (χ4n) is 5.91. The number of allylic oxidation sites excluding steroid dienone is 2. The van der Waals surface area contributed by atoms with Gasteiger partial charge in [-0.25, -0.2) is 0 Å². The lowest BCUT2D eigenvalue weighted by Gasteiger charge is -2.61. The predicted octanol–water partition coefficient (Wildman–Crippen LogP) is 4.08. The SMILES string of the molecule is C=C[C@]1(C)C=C2[C@H](O)C[C@@H]3C(C)(CCC[C@@]3(C)CO)[C@H]2CC1. The van der Waals surface area contributed by atoms with E-state index in [-0.39, 0.29) is 29.0 Å². The molecule has 0 spiro atoms. The zero-order valence-electron chi connectivity index (χ0n) is 14.4. The molecule has 0 amide bonds. The Hall–Kier alpha value is -0.600. The maximum absolute atomic E-state index is 10.8. The van der Waals surface area contributed by atoms with Crippen molar-refractivity contribution in [3.63, 3.8) is 0 Å². The lowest BCUT2D eigenvalue weighted by molar-refractivity contribution is -0.112. The Kier molecular flexibility index (Phi) is 3.85. The smallest absolute Gasteiger partial charge is 0.0756 e. The summed E-state index contributed by atoms with van der Waals surface area (Å²) in [5, 5.41) is 20.8. The molecule has 2 heteroatoms. The molecule has 0 aliphatic heterocycles. The van der Waals surface area contributed by atoms with E-state index in [4.69, 9.17) is 0 Å². The molecule has 0 aromatic rings. The number of fused-ring (bicyclic) bond motifs is 3. The summed E-state index contributed by atoms with van der Waals surface area (Å²) >= 11 is 0. The molecule has 2 nitrogen and oxygen atoms in total. The van der Waals surface area contributed by atoms with Gasteiger partial charge in [-0.15, -0.1) is 6.58 Å². The zero-order chi connectivity index (χ0) is 16.2. The maximum Gasteiger partial charge on any atom is 0.0756 e. The highest BCUT2D eigenvalue weighted by molar-refractivity contribution is 5.29. The van der Waals surface area contributed by atoms with Gasteiger partial charge in [-0.1, -0.05) is 39.3 Å². The minimum atomic E-state index is -0.341. The molecule has 3 aliphatic carbocycles. The molecule has 2 fully saturated rings. The van der Waals surface area contributed by atoms with E-state index in [0.717, 1.165) is 25.7 Å². The first-order valence-electron chi connectivity index (χ1n) is 8.93. The topological polar surface area (TPSA) is 40.5 Å². The van der Waals surface area contributed by atoms with E-state index >= 15 is 0 Å². The van der Waals surface area contributed by atoms with E-state index in [2.05, 4.69) is 33.4 Å². The van der Waals surface area contributed by atoms with Crippen molar-refractivity contribution in [2.24, 2.45) is 28.1 Å². The van der Waals surface area contributed by atoms with Crippen LogP contribution >= 0.6 is 0 Å². The molecule has 2 saturated carbocycles. The van der Waals surface area contributed by atoms with E-state index in [1.54, 1.807) is 0 Å². The average Bonchev–Trinajstić information content (AvgIpc) is 2.50. The Morgan fingerprint density at radius 2 is 2.00 bits per heavy atom. The van der Waals surface area contributed by atoms with Gasteiger partial charge in [0.2, 0.25) is 0 Å². The number of hydrogen-bond donors (Lipinski definition) is 2. The van der Waals surface area contributed by atoms with Crippen molar-refractivity contribution in [2.45, 2.75) is 65.4 Å². The van der Waals surface area contributed by atoms with Crippen LogP contribution in [0.4, 0.5) is 0 Å². The molecular formula is C20H32O2. The quantitative estimate of drug-likeness (QED) is 0.755. The molecule has 124 valence electrons. The number of rotatable bonds is 2. The maximum atomic E-state index is 10.8. The van der Waals surface area contributed by atoms with Crippen molar-refractivity contribution >= 4 is 0 Å². The normalized spacial score (nSPS) is 51.5. The molecule has 0 bridgehead atoms. The number of aliphatic hydroxyl groups excluding tert-OH is 2. The Bertz CT molecular complexity index is 496. The van der Waals surface area contributed by atoms with Crippen LogP contribution in [0.5, 0.6) is 0 Å². The van der Waals surface area contributed by atoms with Gasteiger partial charge in [0.25, 0.3) is 0 Å². The van der Waals surface area contributed by atoms with Crippen LogP contribution in [-0.4, -0.2) is 22.9 Å². The summed E-state index contributed by atoms with van der Waals surface area (Å²) in [4.78, 5) is 0. The van der Waals surface area contributed by atoms with E-state index in [1.807, 2.05) is 6.08 Å². The molecule has 22 heavy (non-hydrogen) atoms. The molecule has 1 unspecified atom stereocenters. The fourth-order valence-corrected chi connectivity index (χ4v) is 5.91. The van der Waals surface area contributed by atoms with Crippen LogP contribution < -0.4 is 0 Å². The van der Waals surface area contributed by atoms with E-state index in [9.17, 15) is 10.2 Å². The highest BCUT2D eigenvalue weighted by Crippen LogP contribution is 2.63. The molecule has 3 aliphatic rings. The summed E-state index contributed by atoms with van der Waals surface area (Å²) in [6.07, 6.45) is 10.6. The molecule has 0 heterocycles. The highest BCUT2D eigenvalue weighted by atomic mass is 16.3. The third-order valence-electron chi connectivity index (χ3n) is 7.44. The van der Waals surface area contributed by atoms with Gasteiger partial charge in [0.15, 0.2) is 0 Å². The van der Waals surface area contributed by atoms with Crippen molar-refractivity contribution < 1.29 is 10.2 Å². The van der Waals surface area contributed by atoms with Crippen LogP contribution in [0, 0.1) is 28.1 Å². The van der Waals surface area contributed by atoms with Crippen molar-refractivity contribution in [1.29, 1.82) is 0 Å². The third-order valence-corrected chi connectivity index (χ3v) is 7.44. The number of hydrogen-bond acceptors (Lipinski definition) is 2. The van der Waals surface area contributed by atoms with Crippen LogP contribution in [0.2, 0.25) is 0 Å². The lowest BCUT2D eigenvalue weighted by atomic mass is 9.45. The Labute approximate surface area is 135 Å². The molecule has 3 rings (SSSR count). The first-order chi connectivity index (χ1) is 10.3. The molecular weight excluding hydrogens is 272 g/mol. The summed E-state index contributed by atoms with van der Waals surface area (Å²) in [5.41, 5.74) is 1.49.